The Morgan fingerprint density at radius 1 is 1.12 bits per heavy atom. The van der Waals surface area contributed by atoms with Gasteiger partial charge in [-0.25, -0.2) is 5.01 Å². The molecule has 0 radical (unpaired) electrons. The summed E-state index contributed by atoms with van der Waals surface area (Å²) in [7, 11) is 0. The number of hydrogen-bond donors (Lipinski definition) is 1. The van der Waals surface area contributed by atoms with Gasteiger partial charge in [-0.1, -0.05) is 29.3 Å². The lowest BCUT2D eigenvalue weighted by Gasteiger charge is -2.17. The topological polar surface area (TPSA) is 67.9 Å². The highest BCUT2D eigenvalue weighted by atomic mass is 35.5. The maximum atomic E-state index is 12.8. The van der Waals surface area contributed by atoms with E-state index in [1.807, 2.05) is 26.0 Å². The minimum atomic E-state index is -0.483. The van der Waals surface area contributed by atoms with Crippen LogP contribution in [0.5, 0.6) is 11.5 Å². The lowest BCUT2D eigenvalue weighted by atomic mass is 10.1. The van der Waals surface area contributed by atoms with Gasteiger partial charge in [0.25, 0.3) is 11.8 Å². The fourth-order valence-corrected chi connectivity index (χ4v) is 3.19. The molecule has 2 aliphatic rings. The van der Waals surface area contributed by atoms with Gasteiger partial charge in [0.1, 0.15) is 5.57 Å². The van der Waals surface area contributed by atoms with Crippen molar-refractivity contribution in [2.24, 2.45) is 0 Å². The predicted octanol–water partition coefficient (Wildman–Crippen LogP) is 3.15. The highest BCUT2D eigenvalue weighted by molar-refractivity contribution is 6.34. The van der Waals surface area contributed by atoms with Crippen molar-refractivity contribution in [3.8, 4) is 11.5 Å². The number of hydrazine groups is 1. The summed E-state index contributed by atoms with van der Waals surface area (Å²) in [5, 5.41) is 1.62. The van der Waals surface area contributed by atoms with Crippen LogP contribution in [-0.4, -0.2) is 18.6 Å². The fraction of sp³-hybridized carbons (Fsp3) is 0.158. The quantitative estimate of drug-likeness (QED) is 0.651. The van der Waals surface area contributed by atoms with Gasteiger partial charge in [0, 0.05) is 6.07 Å². The predicted molar refractivity (Wildman–Crippen MR) is 97.1 cm³/mol. The van der Waals surface area contributed by atoms with Gasteiger partial charge in [-0.05, 0) is 43.2 Å². The average Bonchev–Trinajstić information content (AvgIpc) is 3.14. The SMILES string of the molecule is Cc1ccc(N2NC(=O)/C(=C/c3cc4c(cc3Cl)OCO4)C2=O)c(C)c1. The first-order valence-corrected chi connectivity index (χ1v) is 8.35. The van der Waals surface area contributed by atoms with Crippen LogP contribution in [0.25, 0.3) is 6.08 Å². The second kappa shape index (κ2) is 6.07. The number of rotatable bonds is 2. The largest absolute Gasteiger partial charge is 0.454 e. The van der Waals surface area contributed by atoms with Crippen LogP contribution in [0.2, 0.25) is 5.02 Å². The number of ether oxygens (including phenoxy) is 2. The van der Waals surface area contributed by atoms with E-state index in [-0.39, 0.29) is 12.4 Å². The molecule has 2 aromatic carbocycles. The number of halogens is 1. The van der Waals surface area contributed by atoms with Gasteiger partial charge in [-0.3, -0.25) is 15.0 Å². The summed E-state index contributed by atoms with van der Waals surface area (Å²) in [6.45, 7) is 3.97. The second-order valence-electron chi connectivity index (χ2n) is 6.16. The average molecular weight is 371 g/mol. The van der Waals surface area contributed by atoms with E-state index in [1.165, 1.54) is 11.1 Å². The van der Waals surface area contributed by atoms with Crippen LogP contribution in [0.4, 0.5) is 5.69 Å². The summed E-state index contributed by atoms with van der Waals surface area (Å²) in [6.07, 6.45) is 1.46. The Labute approximate surface area is 154 Å². The van der Waals surface area contributed by atoms with Crippen molar-refractivity contribution in [1.82, 2.24) is 5.43 Å². The zero-order chi connectivity index (χ0) is 18.4. The van der Waals surface area contributed by atoms with Crippen molar-refractivity contribution in [3.63, 3.8) is 0 Å². The minimum absolute atomic E-state index is 0.00532. The maximum Gasteiger partial charge on any atom is 0.282 e. The maximum absolute atomic E-state index is 12.8. The molecule has 2 aromatic rings. The molecule has 6 nitrogen and oxygen atoms in total. The van der Waals surface area contributed by atoms with E-state index in [2.05, 4.69) is 5.43 Å². The third-order valence-corrected chi connectivity index (χ3v) is 4.60. The van der Waals surface area contributed by atoms with E-state index < -0.39 is 11.8 Å². The zero-order valence-electron chi connectivity index (χ0n) is 14.1. The molecule has 26 heavy (non-hydrogen) atoms. The molecule has 0 aliphatic carbocycles. The summed E-state index contributed by atoms with van der Waals surface area (Å²) >= 11 is 6.24. The first kappa shape index (κ1) is 16.5. The summed E-state index contributed by atoms with van der Waals surface area (Å²) < 4.78 is 10.6. The Balaban J connectivity index is 1.71. The zero-order valence-corrected chi connectivity index (χ0v) is 14.9. The van der Waals surface area contributed by atoms with Crippen molar-refractivity contribution >= 4 is 35.2 Å². The molecule has 2 heterocycles. The molecule has 2 aliphatic heterocycles. The molecule has 0 atom stereocenters. The normalized spacial score (nSPS) is 17.2. The number of nitrogens with zero attached hydrogens (tertiary/aromatic N) is 1. The number of hydrogen-bond acceptors (Lipinski definition) is 4. The Morgan fingerprint density at radius 3 is 2.58 bits per heavy atom. The first-order chi connectivity index (χ1) is 12.4. The Bertz CT molecular complexity index is 984. The highest BCUT2D eigenvalue weighted by Gasteiger charge is 2.35. The highest BCUT2D eigenvalue weighted by Crippen LogP contribution is 2.38. The van der Waals surface area contributed by atoms with E-state index in [0.717, 1.165) is 11.1 Å². The monoisotopic (exact) mass is 370 g/mol. The smallest absolute Gasteiger partial charge is 0.282 e. The molecule has 0 bridgehead atoms. The van der Waals surface area contributed by atoms with Crippen LogP contribution in [0.15, 0.2) is 35.9 Å². The third-order valence-electron chi connectivity index (χ3n) is 4.28. The standard InChI is InChI=1S/C19H15ClN2O4/c1-10-3-4-15(11(2)5-10)22-19(24)13(18(23)21-22)6-12-7-16-17(8-14(12)20)26-9-25-16/h3-8H,9H2,1-2H3,(H,21,23)/b13-6-. The van der Waals surface area contributed by atoms with Gasteiger partial charge in [0.15, 0.2) is 11.5 Å². The van der Waals surface area contributed by atoms with Gasteiger partial charge < -0.3 is 9.47 Å². The number of anilines is 1. The van der Waals surface area contributed by atoms with E-state index in [0.29, 0.717) is 27.8 Å². The van der Waals surface area contributed by atoms with Gasteiger partial charge in [0.2, 0.25) is 6.79 Å². The molecule has 0 aromatic heterocycles. The second-order valence-corrected chi connectivity index (χ2v) is 6.56. The molecule has 0 unspecified atom stereocenters. The van der Waals surface area contributed by atoms with Gasteiger partial charge in [0.05, 0.1) is 10.7 Å². The first-order valence-electron chi connectivity index (χ1n) is 7.97. The van der Waals surface area contributed by atoms with Crippen molar-refractivity contribution in [2.75, 3.05) is 11.8 Å². The summed E-state index contributed by atoms with van der Waals surface area (Å²) in [5.74, 6) is 0.147. The number of carbonyl (C=O) groups is 2. The molecular weight excluding hydrogens is 356 g/mol. The van der Waals surface area contributed by atoms with E-state index in [1.54, 1.807) is 18.2 Å². The van der Waals surface area contributed by atoms with Crippen LogP contribution in [0, 0.1) is 13.8 Å². The van der Waals surface area contributed by atoms with E-state index in [4.69, 9.17) is 21.1 Å². The lowest BCUT2D eigenvalue weighted by molar-refractivity contribution is -0.117. The lowest BCUT2D eigenvalue weighted by Crippen LogP contribution is -2.36. The van der Waals surface area contributed by atoms with Gasteiger partial charge in [-0.15, -0.1) is 0 Å². The van der Waals surface area contributed by atoms with Gasteiger partial charge in [-0.2, -0.15) is 0 Å². The van der Waals surface area contributed by atoms with Crippen molar-refractivity contribution < 1.29 is 19.1 Å². The van der Waals surface area contributed by atoms with Crippen molar-refractivity contribution in [2.45, 2.75) is 13.8 Å². The number of amides is 2. The molecule has 1 saturated heterocycles. The number of benzene rings is 2. The minimum Gasteiger partial charge on any atom is -0.454 e. The fourth-order valence-electron chi connectivity index (χ4n) is 2.98. The third kappa shape index (κ3) is 2.68. The molecule has 0 saturated carbocycles. The molecule has 4 rings (SSSR count). The Morgan fingerprint density at radius 2 is 1.85 bits per heavy atom. The number of fused-ring (bicyclic) bond motifs is 1. The van der Waals surface area contributed by atoms with Crippen LogP contribution >= 0.6 is 11.6 Å². The molecular formula is C19H15ClN2O4. The van der Waals surface area contributed by atoms with Crippen molar-refractivity contribution in [3.05, 3.63) is 57.6 Å². The molecule has 0 spiro atoms. The van der Waals surface area contributed by atoms with Crippen LogP contribution in [0.1, 0.15) is 16.7 Å². The van der Waals surface area contributed by atoms with E-state index >= 15 is 0 Å². The Hall–Kier alpha value is -2.99. The van der Waals surface area contributed by atoms with E-state index in [9.17, 15) is 9.59 Å². The molecule has 1 N–H and O–H groups in total. The summed E-state index contributed by atoms with van der Waals surface area (Å²) in [4.78, 5) is 25.1. The summed E-state index contributed by atoms with van der Waals surface area (Å²) in [5.41, 5.74) is 5.72. The Kier molecular flexibility index (Phi) is 3.85. The molecule has 2 amide bonds. The van der Waals surface area contributed by atoms with Crippen molar-refractivity contribution in [1.29, 1.82) is 0 Å². The number of nitrogens with one attached hydrogen (secondary N) is 1. The molecule has 7 heteroatoms. The summed E-state index contributed by atoms with van der Waals surface area (Å²) in [6, 6.07) is 8.90. The number of aryl methyl sites for hydroxylation is 2. The molecule has 1 fully saturated rings. The van der Waals surface area contributed by atoms with Crippen LogP contribution < -0.4 is 19.9 Å². The van der Waals surface area contributed by atoms with Crippen LogP contribution in [-0.2, 0) is 9.59 Å². The van der Waals surface area contributed by atoms with Gasteiger partial charge >= 0.3 is 0 Å². The number of carbonyl (C=O) groups excluding carboxylic acids is 2. The molecule has 132 valence electrons. The van der Waals surface area contributed by atoms with Crippen LogP contribution in [0.3, 0.4) is 0 Å².